The van der Waals surface area contributed by atoms with Gasteiger partial charge in [-0.1, -0.05) is 6.07 Å². The average Bonchev–Trinajstić information content (AvgIpc) is 3.37. The third-order valence-electron chi connectivity index (χ3n) is 5.87. The highest BCUT2D eigenvalue weighted by molar-refractivity contribution is 5.92. The van der Waals surface area contributed by atoms with Crippen LogP contribution in [0.15, 0.2) is 53.1 Å². The van der Waals surface area contributed by atoms with E-state index < -0.39 is 0 Å². The van der Waals surface area contributed by atoms with Gasteiger partial charge in [-0.3, -0.25) is 4.79 Å². The average molecular weight is 437 g/mol. The van der Waals surface area contributed by atoms with E-state index in [0.717, 1.165) is 16.7 Å². The Morgan fingerprint density at radius 3 is 2.28 bits per heavy atom. The predicted octanol–water partition coefficient (Wildman–Crippen LogP) is 4.30. The van der Waals surface area contributed by atoms with Crippen LogP contribution in [0, 0.1) is 0 Å². The zero-order valence-corrected chi connectivity index (χ0v) is 18.7. The maximum absolute atomic E-state index is 13.3. The van der Waals surface area contributed by atoms with Crippen LogP contribution in [-0.4, -0.2) is 45.8 Å². The number of methoxy groups -OCH3 is 4. The van der Waals surface area contributed by atoms with E-state index in [2.05, 4.69) is 0 Å². The van der Waals surface area contributed by atoms with E-state index in [0.29, 0.717) is 48.1 Å². The predicted molar refractivity (Wildman–Crippen MR) is 119 cm³/mol. The number of benzene rings is 2. The summed E-state index contributed by atoms with van der Waals surface area (Å²) in [5, 5.41) is 0. The van der Waals surface area contributed by atoms with Gasteiger partial charge in [0.15, 0.2) is 28.8 Å². The molecule has 0 spiro atoms. The second-order valence-corrected chi connectivity index (χ2v) is 7.54. The SMILES string of the molecule is COc1ccc(CC2c3cc(OC)c(OC)cc3CCN2C(=O)c2ccco2)cc1OC. The molecule has 168 valence electrons. The third kappa shape index (κ3) is 3.98. The molecule has 0 saturated heterocycles. The van der Waals surface area contributed by atoms with Crippen LogP contribution in [0.1, 0.15) is 33.3 Å². The van der Waals surface area contributed by atoms with Gasteiger partial charge in [-0.2, -0.15) is 0 Å². The molecule has 32 heavy (non-hydrogen) atoms. The van der Waals surface area contributed by atoms with Crippen molar-refractivity contribution in [3.8, 4) is 23.0 Å². The number of carbonyl (C=O) groups is 1. The van der Waals surface area contributed by atoms with Gasteiger partial charge in [0.2, 0.25) is 0 Å². The number of hydrogen-bond acceptors (Lipinski definition) is 6. The van der Waals surface area contributed by atoms with Crippen LogP contribution in [0.2, 0.25) is 0 Å². The van der Waals surface area contributed by atoms with Crippen molar-refractivity contribution < 1.29 is 28.2 Å². The number of fused-ring (bicyclic) bond motifs is 1. The number of furan rings is 1. The van der Waals surface area contributed by atoms with Crippen molar-refractivity contribution in [1.29, 1.82) is 0 Å². The summed E-state index contributed by atoms with van der Waals surface area (Å²) in [5.41, 5.74) is 3.19. The first-order chi connectivity index (χ1) is 15.6. The molecule has 1 atom stereocenters. The van der Waals surface area contributed by atoms with Crippen molar-refractivity contribution in [3.63, 3.8) is 0 Å². The van der Waals surface area contributed by atoms with Gasteiger partial charge in [-0.05, 0) is 65.9 Å². The Hall–Kier alpha value is -3.61. The third-order valence-corrected chi connectivity index (χ3v) is 5.87. The Kier molecular flexibility index (Phi) is 6.25. The molecule has 1 aliphatic heterocycles. The minimum Gasteiger partial charge on any atom is -0.493 e. The summed E-state index contributed by atoms with van der Waals surface area (Å²) in [6.45, 7) is 0.569. The maximum Gasteiger partial charge on any atom is 0.290 e. The summed E-state index contributed by atoms with van der Waals surface area (Å²) in [4.78, 5) is 15.2. The minimum atomic E-state index is -0.214. The molecule has 0 saturated carbocycles. The largest absolute Gasteiger partial charge is 0.493 e. The summed E-state index contributed by atoms with van der Waals surface area (Å²) in [7, 11) is 6.46. The van der Waals surface area contributed by atoms with Crippen molar-refractivity contribution in [2.24, 2.45) is 0 Å². The highest BCUT2D eigenvalue weighted by Crippen LogP contribution is 2.40. The molecule has 1 aliphatic rings. The van der Waals surface area contributed by atoms with Gasteiger partial charge in [0.25, 0.3) is 5.91 Å². The number of ether oxygens (including phenoxy) is 4. The number of hydrogen-bond donors (Lipinski definition) is 0. The molecule has 4 rings (SSSR count). The van der Waals surface area contributed by atoms with Gasteiger partial charge in [-0.25, -0.2) is 0 Å². The highest BCUT2D eigenvalue weighted by Gasteiger charge is 2.34. The Bertz CT molecular complexity index is 1090. The second-order valence-electron chi connectivity index (χ2n) is 7.54. The molecule has 3 aromatic rings. The summed E-state index contributed by atoms with van der Waals surface area (Å²) in [5.74, 6) is 2.82. The molecule has 1 unspecified atom stereocenters. The molecule has 2 aromatic carbocycles. The Balaban J connectivity index is 1.77. The molecular weight excluding hydrogens is 410 g/mol. The molecule has 0 N–H and O–H groups in total. The first kappa shape index (κ1) is 21.6. The molecule has 0 fully saturated rings. The fourth-order valence-electron chi connectivity index (χ4n) is 4.26. The highest BCUT2D eigenvalue weighted by atomic mass is 16.5. The lowest BCUT2D eigenvalue weighted by molar-refractivity contribution is 0.0626. The smallest absolute Gasteiger partial charge is 0.290 e. The normalized spacial score (nSPS) is 15.1. The summed E-state index contributed by atoms with van der Waals surface area (Å²) >= 11 is 0. The van der Waals surface area contributed by atoms with E-state index in [1.807, 2.05) is 35.2 Å². The Morgan fingerprint density at radius 2 is 1.62 bits per heavy atom. The number of nitrogens with zero attached hydrogens (tertiary/aromatic N) is 1. The Labute approximate surface area is 187 Å². The Morgan fingerprint density at radius 1 is 0.938 bits per heavy atom. The van der Waals surface area contributed by atoms with Gasteiger partial charge in [0.05, 0.1) is 40.7 Å². The molecule has 1 amide bonds. The molecule has 0 radical (unpaired) electrons. The van der Waals surface area contributed by atoms with Crippen LogP contribution < -0.4 is 18.9 Å². The topological polar surface area (TPSA) is 70.4 Å². The van der Waals surface area contributed by atoms with Gasteiger partial charge in [0.1, 0.15) is 0 Å². The molecule has 2 heterocycles. The summed E-state index contributed by atoms with van der Waals surface area (Å²) in [6.07, 6.45) is 2.82. The van der Waals surface area contributed by atoms with Crippen LogP contribution in [0.3, 0.4) is 0 Å². The van der Waals surface area contributed by atoms with E-state index in [4.69, 9.17) is 23.4 Å². The zero-order chi connectivity index (χ0) is 22.7. The second kappa shape index (κ2) is 9.26. The van der Waals surface area contributed by atoms with E-state index in [1.54, 1.807) is 40.6 Å². The van der Waals surface area contributed by atoms with E-state index in [1.165, 1.54) is 6.26 Å². The zero-order valence-electron chi connectivity index (χ0n) is 18.7. The van der Waals surface area contributed by atoms with Crippen LogP contribution >= 0.6 is 0 Å². The van der Waals surface area contributed by atoms with Crippen LogP contribution in [-0.2, 0) is 12.8 Å². The quantitative estimate of drug-likeness (QED) is 0.549. The van der Waals surface area contributed by atoms with E-state index >= 15 is 0 Å². The number of carbonyl (C=O) groups excluding carboxylic acids is 1. The maximum atomic E-state index is 13.3. The fourth-order valence-corrected chi connectivity index (χ4v) is 4.26. The minimum absolute atomic E-state index is 0.138. The lowest BCUT2D eigenvalue weighted by Gasteiger charge is -2.37. The number of rotatable bonds is 7. The van der Waals surface area contributed by atoms with Crippen molar-refractivity contribution >= 4 is 5.91 Å². The lowest BCUT2D eigenvalue weighted by atomic mass is 9.87. The number of amides is 1. The first-order valence-corrected chi connectivity index (χ1v) is 10.4. The molecule has 1 aromatic heterocycles. The van der Waals surface area contributed by atoms with Gasteiger partial charge >= 0.3 is 0 Å². The van der Waals surface area contributed by atoms with Crippen molar-refractivity contribution in [2.45, 2.75) is 18.9 Å². The van der Waals surface area contributed by atoms with Gasteiger partial charge in [-0.15, -0.1) is 0 Å². The summed E-state index contributed by atoms with van der Waals surface area (Å²) < 4.78 is 27.3. The lowest BCUT2D eigenvalue weighted by Crippen LogP contribution is -2.41. The fraction of sp³-hybridized carbons (Fsp3) is 0.320. The molecule has 7 nitrogen and oxygen atoms in total. The summed E-state index contributed by atoms with van der Waals surface area (Å²) in [6, 6.07) is 13.0. The standard InChI is InChI=1S/C25H27NO6/c1-28-20-8-7-16(13-22(20)29-2)12-19-18-15-24(31-4)23(30-3)14-17(18)9-10-26(19)25(27)21-6-5-11-32-21/h5-8,11,13-15,19H,9-10,12H2,1-4H3. The first-order valence-electron chi connectivity index (χ1n) is 10.4. The van der Waals surface area contributed by atoms with Gasteiger partial charge < -0.3 is 28.3 Å². The molecular formula is C25H27NO6. The van der Waals surface area contributed by atoms with Crippen molar-refractivity contribution in [3.05, 3.63) is 71.2 Å². The van der Waals surface area contributed by atoms with Crippen LogP contribution in [0.5, 0.6) is 23.0 Å². The van der Waals surface area contributed by atoms with E-state index in [-0.39, 0.29) is 11.9 Å². The van der Waals surface area contributed by atoms with Gasteiger partial charge in [0, 0.05) is 6.54 Å². The molecule has 0 bridgehead atoms. The van der Waals surface area contributed by atoms with Crippen LogP contribution in [0.25, 0.3) is 0 Å². The monoisotopic (exact) mass is 437 g/mol. The van der Waals surface area contributed by atoms with Crippen molar-refractivity contribution in [1.82, 2.24) is 4.90 Å². The van der Waals surface area contributed by atoms with Crippen LogP contribution in [0.4, 0.5) is 0 Å². The molecule has 7 heteroatoms. The van der Waals surface area contributed by atoms with Crippen molar-refractivity contribution in [2.75, 3.05) is 35.0 Å². The van der Waals surface area contributed by atoms with E-state index in [9.17, 15) is 4.79 Å². The molecule has 0 aliphatic carbocycles.